The summed E-state index contributed by atoms with van der Waals surface area (Å²) in [6.45, 7) is 5.54. The van der Waals surface area contributed by atoms with Crippen LogP contribution in [0.2, 0.25) is 0 Å². The first-order chi connectivity index (χ1) is 11.3. The van der Waals surface area contributed by atoms with Gasteiger partial charge >= 0.3 is 0 Å². The molecule has 1 unspecified atom stereocenters. The highest BCUT2D eigenvalue weighted by Crippen LogP contribution is 2.20. The molecule has 0 radical (unpaired) electrons. The summed E-state index contributed by atoms with van der Waals surface area (Å²) in [6, 6.07) is 6.01. The smallest absolute Gasteiger partial charge is 0.224 e. The molecular weight excluding hydrogens is 328 g/mol. The highest BCUT2D eigenvalue weighted by atomic mass is 32.2. The van der Waals surface area contributed by atoms with Crippen LogP contribution in [-0.4, -0.2) is 51.1 Å². The average molecular weight is 354 g/mol. The molecule has 1 aliphatic rings. The van der Waals surface area contributed by atoms with Crippen molar-refractivity contribution in [2.75, 3.05) is 32.5 Å². The van der Waals surface area contributed by atoms with E-state index in [2.05, 4.69) is 5.32 Å². The van der Waals surface area contributed by atoms with Crippen molar-refractivity contribution < 1.29 is 17.9 Å². The number of benzene rings is 1. The van der Waals surface area contributed by atoms with E-state index in [0.717, 1.165) is 23.3 Å². The van der Waals surface area contributed by atoms with Crippen LogP contribution in [-0.2, 0) is 14.8 Å². The number of carbonyl (C=O) groups excluding carboxylic acids is 1. The third-order valence-electron chi connectivity index (χ3n) is 4.23. The lowest BCUT2D eigenvalue weighted by molar-refractivity contribution is -0.126. The minimum atomic E-state index is -3.23. The van der Waals surface area contributed by atoms with Gasteiger partial charge in [-0.3, -0.25) is 4.79 Å². The van der Waals surface area contributed by atoms with Crippen LogP contribution >= 0.6 is 0 Å². The summed E-state index contributed by atoms with van der Waals surface area (Å²) < 4.78 is 30.3. The van der Waals surface area contributed by atoms with Crippen LogP contribution < -0.4 is 10.1 Å². The van der Waals surface area contributed by atoms with E-state index < -0.39 is 10.0 Å². The summed E-state index contributed by atoms with van der Waals surface area (Å²) >= 11 is 0. The molecule has 6 nitrogen and oxygen atoms in total. The largest absolute Gasteiger partial charge is 0.491 e. The Balaban J connectivity index is 1.78. The Morgan fingerprint density at radius 3 is 2.83 bits per heavy atom. The van der Waals surface area contributed by atoms with Crippen molar-refractivity contribution in [3.05, 3.63) is 29.3 Å². The van der Waals surface area contributed by atoms with Gasteiger partial charge in [-0.1, -0.05) is 12.1 Å². The molecule has 1 aliphatic heterocycles. The fourth-order valence-electron chi connectivity index (χ4n) is 2.80. The van der Waals surface area contributed by atoms with Gasteiger partial charge in [-0.15, -0.1) is 0 Å². The van der Waals surface area contributed by atoms with Crippen molar-refractivity contribution in [3.63, 3.8) is 0 Å². The molecule has 1 aromatic rings. The van der Waals surface area contributed by atoms with E-state index in [-0.39, 0.29) is 18.4 Å². The van der Waals surface area contributed by atoms with E-state index in [1.54, 1.807) is 0 Å². The lowest BCUT2D eigenvalue weighted by Crippen LogP contribution is -2.45. The van der Waals surface area contributed by atoms with Crippen LogP contribution in [0, 0.1) is 19.8 Å². The van der Waals surface area contributed by atoms with Crippen molar-refractivity contribution in [2.45, 2.75) is 26.7 Å². The summed E-state index contributed by atoms with van der Waals surface area (Å²) in [5.41, 5.74) is 2.19. The fourth-order valence-corrected chi connectivity index (χ4v) is 3.71. The number of piperidine rings is 1. The first kappa shape index (κ1) is 18.7. The molecule has 1 saturated heterocycles. The zero-order valence-electron chi connectivity index (χ0n) is 14.5. The molecule has 134 valence electrons. The van der Waals surface area contributed by atoms with Gasteiger partial charge in [0.15, 0.2) is 0 Å². The van der Waals surface area contributed by atoms with Gasteiger partial charge in [0.2, 0.25) is 15.9 Å². The van der Waals surface area contributed by atoms with Gasteiger partial charge in [-0.2, -0.15) is 0 Å². The van der Waals surface area contributed by atoms with E-state index in [1.165, 1.54) is 10.6 Å². The van der Waals surface area contributed by atoms with Crippen molar-refractivity contribution in [1.29, 1.82) is 0 Å². The van der Waals surface area contributed by atoms with Gasteiger partial charge < -0.3 is 10.1 Å². The number of aryl methyl sites for hydroxylation is 2. The van der Waals surface area contributed by atoms with Gasteiger partial charge in [0, 0.05) is 13.1 Å². The predicted octanol–water partition coefficient (Wildman–Crippen LogP) is 1.47. The van der Waals surface area contributed by atoms with Crippen LogP contribution in [0.5, 0.6) is 5.75 Å². The monoisotopic (exact) mass is 354 g/mol. The molecule has 24 heavy (non-hydrogen) atoms. The predicted molar refractivity (Wildman–Crippen MR) is 93.6 cm³/mol. The normalized spacial score (nSPS) is 19.0. The first-order valence-corrected chi connectivity index (χ1v) is 10.0. The van der Waals surface area contributed by atoms with E-state index in [0.29, 0.717) is 26.1 Å². The van der Waals surface area contributed by atoms with Gasteiger partial charge in [0.1, 0.15) is 12.4 Å². The number of ether oxygens (including phenoxy) is 1. The zero-order chi connectivity index (χ0) is 17.7. The van der Waals surface area contributed by atoms with Crippen LogP contribution in [0.1, 0.15) is 24.0 Å². The van der Waals surface area contributed by atoms with Crippen molar-refractivity contribution in [1.82, 2.24) is 9.62 Å². The molecule has 1 aromatic carbocycles. The molecule has 0 aliphatic carbocycles. The Hall–Kier alpha value is -1.60. The maximum Gasteiger partial charge on any atom is 0.224 e. The number of sulfonamides is 1. The standard InChI is InChI=1S/C17H26N2O4S/c1-13-6-7-14(2)16(11-13)23-10-8-18-17(20)15-5-4-9-19(12-15)24(3,21)22/h6-7,11,15H,4-5,8-10,12H2,1-3H3,(H,18,20). The minimum absolute atomic E-state index is 0.104. The molecule has 1 heterocycles. The molecule has 1 amide bonds. The van der Waals surface area contributed by atoms with Crippen LogP contribution in [0.3, 0.4) is 0 Å². The fraction of sp³-hybridized carbons (Fsp3) is 0.588. The molecule has 0 spiro atoms. The average Bonchev–Trinajstić information content (AvgIpc) is 2.53. The number of hydrogen-bond donors (Lipinski definition) is 1. The molecular formula is C17H26N2O4S. The molecule has 7 heteroatoms. The van der Waals surface area contributed by atoms with E-state index >= 15 is 0 Å². The van der Waals surface area contributed by atoms with Crippen LogP contribution in [0.15, 0.2) is 18.2 Å². The zero-order valence-corrected chi connectivity index (χ0v) is 15.4. The number of carbonyl (C=O) groups is 1. The molecule has 0 aromatic heterocycles. The molecule has 1 fully saturated rings. The lowest BCUT2D eigenvalue weighted by Gasteiger charge is -2.30. The van der Waals surface area contributed by atoms with Crippen LogP contribution in [0.25, 0.3) is 0 Å². The molecule has 0 bridgehead atoms. The SMILES string of the molecule is Cc1ccc(C)c(OCCNC(=O)C2CCCN(S(C)(=O)=O)C2)c1. The van der Waals surface area contributed by atoms with Crippen molar-refractivity contribution >= 4 is 15.9 Å². The Morgan fingerprint density at radius 1 is 1.38 bits per heavy atom. The Labute approximate surface area is 144 Å². The second kappa shape index (κ2) is 7.98. The van der Waals surface area contributed by atoms with Gasteiger partial charge in [0.05, 0.1) is 18.7 Å². The number of amides is 1. The Morgan fingerprint density at radius 2 is 2.12 bits per heavy atom. The number of nitrogens with zero attached hydrogens (tertiary/aromatic N) is 1. The summed E-state index contributed by atoms with van der Waals surface area (Å²) in [4.78, 5) is 12.2. The molecule has 0 saturated carbocycles. The van der Waals surface area contributed by atoms with Crippen LogP contribution in [0.4, 0.5) is 0 Å². The second-order valence-corrected chi connectivity index (χ2v) is 8.35. The quantitative estimate of drug-likeness (QED) is 0.785. The Bertz CT molecular complexity index is 688. The second-order valence-electron chi connectivity index (χ2n) is 6.37. The number of hydrogen-bond acceptors (Lipinski definition) is 4. The summed E-state index contributed by atoms with van der Waals surface area (Å²) in [6.07, 6.45) is 2.62. The third kappa shape index (κ3) is 5.21. The summed E-state index contributed by atoms with van der Waals surface area (Å²) in [7, 11) is -3.23. The topological polar surface area (TPSA) is 75.7 Å². The van der Waals surface area contributed by atoms with Gasteiger partial charge in [-0.05, 0) is 43.9 Å². The van der Waals surface area contributed by atoms with E-state index in [1.807, 2.05) is 32.0 Å². The summed E-state index contributed by atoms with van der Waals surface area (Å²) in [5, 5.41) is 2.84. The summed E-state index contributed by atoms with van der Waals surface area (Å²) in [5.74, 6) is 0.437. The Kier molecular flexibility index (Phi) is 6.23. The molecule has 1 N–H and O–H groups in total. The minimum Gasteiger partial charge on any atom is -0.491 e. The molecule has 2 rings (SSSR count). The van der Waals surface area contributed by atoms with Crippen molar-refractivity contribution in [3.8, 4) is 5.75 Å². The maximum absolute atomic E-state index is 12.2. The lowest BCUT2D eigenvalue weighted by atomic mass is 9.99. The van der Waals surface area contributed by atoms with Gasteiger partial charge in [0.25, 0.3) is 0 Å². The first-order valence-electron chi connectivity index (χ1n) is 8.20. The van der Waals surface area contributed by atoms with Gasteiger partial charge in [-0.25, -0.2) is 12.7 Å². The third-order valence-corrected chi connectivity index (χ3v) is 5.50. The van der Waals surface area contributed by atoms with E-state index in [4.69, 9.17) is 4.74 Å². The van der Waals surface area contributed by atoms with Crippen molar-refractivity contribution in [2.24, 2.45) is 5.92 Å². The number of nitrogens with one attached hydrogen (secondary N) is 1. The highest BCUT2D eigenvalue weighted by molar-refractivity contribution is 7.88. The highest BCUT2D eigenvalue weighted by Gasteiger charge is 2.29. The maximum atomic E-state index is 12.2. The molecule has 1 atom stereocenters. The number of rotatable bonds is 6. The van der Waals surface area contributed by atoms with E-state index in [9.17, 15) is 13.2 Å².